The van der Waals surface area contributed by atoms with Gasteiger partial charge in [-0.3, -0.25) is 0 Å². The van der Waals surface area contributed by atoms with Crippen molar-refractivity contribution in [2.24, 2.45) is 0 Å². The molecule has 3 rings (SSSR count). The van der Waals surface area contributed by atoms with Gasteiger partial charge in [0.25, 0.3) is 0 Å². The maximum atomic E-state index is 9.12. The molecule has 2 heteroatoms. The Morgan fingerprint density at radius 2 is 1.84 bits per heavy atom. The molecule has 0 saturated carbocycles. The van der Waals surface area contributed by atoms with Gasteiger partial charge < -0.3 is 4.98 Å². The second-order valence-electron chi connectivity index (χ2n) is 4.61. The third-order valence-corrected chi connectivity index (χ3v) is 3.50. The number of H-pyrrole nitrogens is 1. The van der Waals surface area contributed by atoms with Crippen molar-refractivity contribution in [3.05, 3.63) is 71.9 Å². The van der Waals surface area contributed by atoms with Crippen LogP contribution in [0.15, 0.2) is 60.8 Å². The molecule has 2 nitrogen and oxygen atoms in total. The van der Waals surface area contributed by atoms with Crippen LogP contribution in [0.3, 0.4) is 0 Å². The summed E-state index contributed by atoms with van der Waals surface area (Å²) < 4.78 is 0. The molecule has 0 amide bonds. The van der Waals surface area contributed by atoms with E-state index in [1.165, 1.54) is 16.5 Å². The highest BCUT2D eigenvalue weighted by Crippen LogP contribution is 2.32. The summed E-state index contributed by atoms with van der Waals surface area (Å²) >= 11 is 0. The van der Waals surface area contributed by atoms with Crippen molar-refractivity contribution in [2.45, 2.75) is 12.3 Å². The summed E-state index contributed by atoms with van der Waals surface area (Å²) in [5.74, 6) is 0.130. The summed E-state index contributed by atoms with van der Waals surface area (Å²) in [6.45, 7) is 0. The summed E-state index contributed by atoms with van der Waals surface area (Å²) in [5, 5.41) is 10.3. The van der Waals surface area contributed by atoms with Gasteiger partial charge in [0.15, 0.2) is 0 Å². The molecule has 1 atom stereocenters. The van der Waals surface area contributed by atoms with Crippen LogP contribution >= 0.6 is 0 Å². The quantitative estimate of drug-likeness (QED) is 0.738. The van der Waals surface area contributed by atoms with Crippen LogP contribution < -0.4 is 0 Å². The Bertz CT molecular complexity index is 720. The number of benzene rings is 2. The van der Waals surface area contributed by atoms with Gasteiger partial charge in [0.2, 0.25) is 0 Å². The number of hydrogen-bond acceptors (Lipinski definition) is 1. The number of aromatic amines is 1. The van der Waals surface area contributed by atoms with Gasteiger partial charge in [0.05, 0.1) is 6.07 Å². The lowest BCUT2D eigenvalue weighted by atomic mass is 9.87. The van der Waals surface area contributed by atoms with E-state index in [1.54, 1.807) is 0 Å². The average molecular weight is 246 g/mol. The summed E-state index contributed by atoms with van der Waals surface area (Å²) in [6.07, 6.45) is 2.44. The number of rotatable bonds is 3. The first kappa shape index (κ1) is 11.6. The third kappa shape index (κ3) is 2.11. The average Bonchev–Trinajstić information content (AvgIpc) is 2.94. The molecular weight excluding hydrogens is 232 g/mol. The van der Waals surface area contributed by atoms with E-state index in [4.69, 9.17) is 5.26 Å². The van der Waals surface area contributed by atoms with E-state index in [1.807, 2.05) is 30.5 Å². The molecule has 1 N–H and O–H groups in total. The van der Waals surface area contributed by atoms with Crippen LogP contribution in [0.1, 0.15) is 23.5 Å². The van der Waals surface area contributed by atoms with E-state index in [0.29, 0.717) is 6.42 Å². The molecular formula is C17H14N2. The van der Waals surface area contributed by atoms with Crippen LogP contribution in [0.5, 0.6) is 0 Å². The van der Waals surface area contributed by atoms with E-state index >= 15 is 0 Å². The Balaban J connectivity index is 2.15. The molecule has 0 unspecified atom stereocenters. The molecule has 2 aromatic carbocycles. The minimum Gasteiger partial charge on any atom is -0.361 e. The second-order valence-corrected chi connectivity index (χ2v) is 4.61. The number of fused-ring (bicyclic) bond motifs is 1. The second kappa shape index (κ2) is 4.99. The molecule has 3 aromatic rings. The predicted octanol–water partition coefficient (Wildman–Crippen LogP) is 4.21. The normalized spacial score (nSPS) is 12.2. The number of nitrogens with zero attached hydrogens (tertiary/aromatic N) is 1. The molecule has 0 saturated heterocycles. The van der Waals surface area contributed by atoms with Crippen LogP contribution in [0.25, 0.3) is 10.9 Å². The van der Waals surface area contributed by atoms with E-state index in [2.05, 4.69) is 41.4 Å². The molecule has 0 aliphatic heterocycles. The van der Waals surface area contributed by atoms with E-state index in [0.717, 1.165) is 5.52 Å². The zero-order valence-electron chi connectivity index (χ0n) is 10.5. The highest BCUT2D eigenvalue weighted by molar-refractivity contribution is 5.84. The fraction of sp³-hybridized carbons (Fsp3) is 0.118. The van der Waals surface area contributed by atoms with Crippen molar-refractivity contribution < 1.29 is 0 Å². The minimum atomic E-state index is 0.130. The van der Waals surface area contributed by atoms with Gasteiger partial charge in [-0.05, 0) is 23.3 Å². The first-order valence-corrected chi connectivity index (χ1v) is 6.38. The first-order chi connectivity index (χ1) is 9.40. The minimum absolute atomic E-state index is 0.130. The predicted molar refractivity (Wildman–Crippen MR) is 76.8 cm³/mol. The first-order valence-electron chi connectivity index (χ1n) is 6.38. The number of nitrogens with one attached hydrogen (secondary N) is 1. The highest BCUT2D eigenvalue weighted by atomic mass is 14.7. The molecule has 0 spiro atoms. The Morgan fingerprint density at radius 3 is 2.63 bits per heavy atom. The molecule has 0 fully saturated rings. The fourth-order valence-electron chi connectivity index (χ4n) is 2.60. The van der Waals surface area contributed by atoms with Gasteiger partial charge in [-0.25, -0.2) is 0 Å². The van der Waals surface area contributed by atoms with Crippen LogP contribution in [0, 0.1) is 11.3 Å². The lowest BCUT2D eigenvalue weighted by Gasteiger charge is -2.15. The van der Waals surface area contributed by atoms with Crippen LogP contribution in [0.4, 0.5) is 0 Å². The molecule has 1 aromatic heterocycles. The lowest BCUT2D eigenvalue weighted by molar-refractivity contribution is 0.846. The monoisotopic (exact) mass is 246 g/mol. The zero-order valence-corrected chi connectivity index (χ0v) is 10.5. The molecule has 0 aliphatic carbocycles. The summed E-state index contributed by atoms with van der Waals surface area (Å²) in [7, 11) is 0. The molecule has 0 bridgehead atoms. The molecule has 1 heterocycles. The maximum absolute atomic E-state index is 9.12. The van der Waals surface area contributed by atoms with Gasteiger partial charge in [-0.15, -0.1) is 0 Å². The molecule has 92 valence electrons. The third-order valence-electron chi connectivity index (χ3n) is 3.50. The van der Waals surface area contributed by atoms with Gasteiger partial charge >= 0.3 is 0 Å². The number of aromatic nitrogens is 1. The number of nitriles is 1. The SMILES string of the molecule is N#CC[C@@H](c1ccccc1)c1cccc2[nH]ccc12. The van der Waals surface area contributed by atoms with Crippen molar-refractivity contribution in [3.63, 3.8) is 0 Å². The zero-order chi connectivity index (χ0) is 13.1. The van der Waals surface area contributed by atoms with E-state index in [-0.39, 0.29) is 5.92 Å². The van der Waals surface area contributed by atoms with Gasteiger partial charge in [0.1, 0.15) is 0 Å². The van der Waals surface area contributed by atoms with Gasteiger partial charge in [0, 0.05) is 29.4 Å². The summed E-state index contributed by atoms with van der Waals surface area (Å²) in [6, 6.07) is 20.8. The Morgan fingerprint density at radius 1 is 1.00 bits per heavy atom. The smallest absolute Gasteiger partial charge is 0.0631 e. The van der Waals surface area contributed by atoms with Crippen molar-refractivity contribution in [2.75, 3.05) is 0 Å². The summed E-state index contributed by atoms with van der Waals surface area (Å²) in [5.41, 5.74) is 3.53. The van der Waals surface area contributed by atoms with Crippen molar-refractivity contribution in [1.82, 2.24) is 4.98 Å². The maximum Gasteiger partial charge on any atom is 0.0631 e. The van der Waals surface area contributed by atoms with Crippen molar-refractivity contribution in [1.29, 1.82) is 5.26 Å². The summed E-state index contributed by atoms with van der Waals surface area (Å²) in [4.78, 5) is 3.23. The Labute approximate surface area is 112 Å². The van der Waals surface area contributed by atoms with E-state index < -0.39 is 0 Å². The molecule has 19 heavy (non-hydrogen) atoms. The number of hydrogen-bond donors (Lipinski definition) is 1. The fourth-order valence-corrected chi connectivity index (χ4v) is 2.60. The lowest BCUT2D eigenvalue weighted by Crippen LogP contribution is -2.00. The largest absolute Gasteiger partial charge is 0.361 e. The topological polar surface area (TPSA) is 39.6 Å². The van der Waals surface area contributed by atoms with Crippen LogP contribution in [-0.4, -0.2) is 4.98 Å². The van der Waals surface area contributed by atoms with Crippen LogP contribution in [-0.2, 0) is 0 Å². The molecule has 0 aliphatic rings. The standard InChI is InChI=1S/C17H14N2/c18-11-9-14(13-5-2-1-3-6-13)15-7-4-8-17-16(15)10-12-19-17/h1-8,10,12,14,19H,9H2/t14-/m0/s1. The van der Waals surface area contributed by atoms with E-state index in [9.17, 15) is 0 Å². The van der Waals surface area contributed by atoms with Gasteiger partial charge in [-0.1, -0.05) is 42.5 Å². The van der Waals surface area contributed by atoms with Gasteiger partial charge in [-0.2, -0.15) is 5.26 Å². The van der Waals surface area contributed by atoms with Crippen molar-refractivity contribution in [3.8, 4) is 6.07 Å². The van der Waals surface area contributed by atoms with Crippen molar-refractivity contribution >= 4 is 10.9 Å². The molecule has 0 radical (unpaired) electrons. The Kier molecular flexibility index (Phi) is 3.04. The Hall–Kier alpha value is -2.53. The highest BCUT2D eigenvalue weighted by Gasteiger charge is 2.16. The van der Waals surface area contributed by atoms with Crippen LogP contribution in [0.2, 0.25) is 0 Å².